The predicted molar refractivity (Wildman–Crippen MR) is 79.1 cm³/mol. The number of carbonyl (C=O) groups is 1. The standard InChI is InChI=1S/C16H22N2O/c1-12(2)16(19)17-9-6-10-18-13(3)11-14-7-4-5-8-15(14)18/h4-5,7-8,11-12H,6,9-10H2,1-3H3,(H,17,19). The summed E-state index contributed by atoms with van der Waals surface area (Å²) in [5, 5.41) is 4.24. The zero-order valence-electron chi connectivity index (χ0n) is 11.9. The maximum Gasteiger partial charge on any atom is 0.222 e. The molecule has 0 aliphatic heterocycles. The topological polar surface area (TPSA) is 34.0 Å². The van der Waals surface area contributed by atoms with E-state index in [1.165, 1.54) is 16.6 Å². The van der Waals surface area contributed by atoms with E-state index in [-0.39, 0.29) is 11.8 Å². The Bertz CT molecular complexity index is 569. The molecule has 102 valence electrons. The molecular weight excluding hydrogens is 236 g/mol. The van der Waals surface area contributed by atoms with E-state index in [9.17, 15) is 4.79 Å². The van der Waals surface area contributed by atoms with Gasteiger partial charge in [0.05, 0.1) is 0 Å². The molecule has 0 saturated carbocycles. The SMILES string of the molecule is Cc1cc2ccccc2n1CCCNC(=O)C(C)C. The van der Waals surface area contributed by atoms with Crippen molar-refractivity contribution in [2.24, 2.45) is 5.92 Å². The quantitative estimate of drug-likeness (QED) is 0.821. The van der Waals surface area contributed by atoms with E-state index < -0.39 is 0 Å². The molecule has 2 rings (SSSR count). The highest BCUT2D eigenvalue weighted by molar-refractivity contribution is 5.81. The van der Waals surface area contributed by atoms with Gasteiger partial charge >= 0.3 is 0 Å². The molecule has 0 saturated heterocycles. The molecule has 3 heteroatoms. The van der Waals surface area contributed by atoms with Crippen LogP contribution in [0.4, 0.5) is 0 Å². The molecule has 0 radical (unpaired) electrons. The summed E-state index contributed by atoms with van der Waals surface area (Å²) in [6.07, 6.45) is 0.956. The summed E-state index contributed by atoms with van der Waals surface area (Å²) in [4.78, 5) is 11.5. The third-order valence-corrected chi connectivity index (χ3v) is 3.40. The van der Waals surface area contributed by atoms with E-state index >= 15 is 0 Å². The highest BCUT2D eigenvalue weighted by atomic mass is 16.1. The first-order valence-corrected chi connectivity index (χ1v) is 6.92. The maximum absolute atomic E-state index is 11.5. The van der Waals surface area contributed by atoms with Gasteiger partial charge in [-0.25, -0.2) is 0 Å². The second-order valence-corrected chi connectivity index (χ2v) is 5.30. The number of nitrogens with zero attached hydrogens (tertiary/aromatic N) is 1. The zero-order valence-corrected chi connectivity index (χ0v) is 11.9. The van der Waals surface area contributed by atoms with E-state index in [4.69, 9.17) is 0 Å². The summed E-state index contributed by atoms with van der Waals surface area (Å²) in [5.41, 5.74) is 2.55. The molecule has 0 unspecified atom stereocenters. The number of fused-ring (bicyclic) bond motifs is 1. The Labute approximate surface area is 114 Å². The molecule has 0 aliphatic rings. The minimum atomic E-state index is 0.0640. The van der Waals surface area contributed by atoms with Gasteiger partial charge in [-0.1, -0.05) is 32.0 Å². The number of carbonyl (C=O) groups excluding carboxylic acids is 1. The van der Waals surface area contributed by atoms with Crippen molar-refractivity contribution in [3.05, 3.63) is 36.0 Å². The van der Waals surface area contributed by atoms with Gasteiger partial charge in [0.2, 0.25) is 5.91 Å². The predicted octanol–water partition coefficient (Wildman–Crippen LogP) is 3.11. The van der Waals surface area contributed by atoms with Crippen molar-refractivity contribution in [2.45, 2.75) is 33.7 Å². The van der Waals surface area contributed by atoms with Gasteiger partial charge in [0.25, 0.3) is 0 Å². The minimum Gasteiger partial charge on any atom is -0.356 e. The average Bonchev–Trinajstić information content (AvgIpc) is 2.70. The van der Waals surface area contributed by atoms with Gasteiger partial charge in [-0.2, -0.15) is 0 Å². The van der Waals surface area contributed by atoms with Crippen molar-refractivity contribution in [1.29, 1.82) is 0 Å². The molecule has 0 atom stereocenters. The number of nitrogens with one attached hydrogen (secondary N) is 1. The van der Waals surface area contributed by atoms with Crippen LogP contribution in [0.1, 0.15) is 26.0 Å². The molecule has 1 aromatic carbocycles. The highest BCUT2D eigenvalue weighted by Gasteiger charge is 2.07. The van der Waals surface area contributed by atoms with E-state index in [0.717, 1.165) is 19.5 Å². The largest absolute Gasteiger partial charge is 0.356 e. The first-order chi connectivity index (χ1) is 9.09. The molecule has 2 aromatic rings. The Balaban J connectivity index is 1.95. The van der Waals surface area contributed by atoms with E-state index in [2.05, 4.69) is 47.1 Å². The Kier molecular flexibility index (Phi) is 4.25. The lowest BCUT2D eigenvalue weighted by Crippen LogP contribution is -2.29. The number of hydrogen-bond acceptors (Lipinski definition) is 1. The molecule has 1 N–H and O–H groups in total. The number of aryl methyl sites for hydroxylation is 2. The number of hydrogen-bond donors (Lipinski definition) is 1. The van der Waals surface area contributed by atoms with Crippen molar-refractivity contribution < 1.29 is 4.79 Å². The number of rotatable bonds is 5. The van der Waals surface area contributed by atoms with Gasteiger partial charge in [0.15, 0.2) is 0 Å². The third-order valence-electron chi connectivity index (χ3n) is 3.40. The van der Waals surface area contributed by atoms with Gasteiger partial charge in [-0.15, -0.1) is 0 Å². The van der Waals surface area contributed by atoms with Crippen LogP contribution in [-0.4, -0.2) is 17.0 Å². The summed E-state index contributed by atoms with van der Waals surface area (Å²) in [6, 6.07) is 10.6. The van der Waals surface area contributed by atoms with Gasteiger partial charge in [-0.3, -0.25) is 4.79 Å². The van der Waals surface area contributed by atoms with Crippen LogP contribution in [0.5, 0.6) is 0 Å². The van der Waals surface area contributed by atoms with Gasteiger partial charge < -0.3 is 9.88 Å². The number of amides is 1. The summed E-state index contributed by atoms with van der Waals surface area (Å²) >= 11 is 0. The smallest absolute Gasteiger partial charge is 0.222 e. The summed E-state index contributed by atoms with van der Waals surface area (Å²) in [5.74, 6) is 0.197. The maximum atomic E-state index is 11.5. The first kappa shape index (κ1) is 13.7. The number of aromatic nitrogens is 1. The van der Waals surface area contributed by atoms with Crippen LogP contribution in [0.3, 0.4) is 0 Å². The summed E-state index contributed by atoms with van der Waals surface area (Å²) < 4.78 is 2.32. The molecule has 0 spiro atoms. The lowest BCUT2D eigenvalue weighted by Gasteiger charge is -2.10. The average molecular weight is 258 g/mol. The molecule has 0 bridgehead atoms. The Morgan fingerprint density at radius 1 is 1.32 bits per heavy atom. The van der Waals surface area contributed by atoms with Crippen LogP contribution in [-0.2, 0) is 11.3 Å². The second kappa shape index (κ2) is 5.91. The Hall–Kier alpha value is -1.77. The number of benzene rings is 1. The lowest BCUT2D eigenvalue weighted by molar-refractivity contribution is -0.123. The third kappa shape index (κ3) is 3.16. The summed E-state index contributed by atoms with van der Waals surface area (Å²) in [7, 11) is 0. The molecular formula is C16H22N2O. The van der Waals surface area contributed by atoms with Crippen LogP contribution in [0, 0.1) is 12.8 Å². The normalized spacial score (nSPS) is 11.2. The molecule has 0 fully saturated rings. The molecule has 1 amide bonds. The highest BCUT2D eigenvalue weighted by Crippen LogP contribution is 2.19. The number of para-hydroxylation sites is 1. The van der Waals surface area contributed by atoms with E-state index in [1.54, 1.807) is 0 Å². The second-order valence-electron chi connectivity index (χ2n) is 5.30. The van der Waals surface area contributed by atoms with Gasteiger partial charge in [0, 0.05) is 30.2 Å². The molecule has 1 heterocycles. The Morgan fingerprint density at radius 2 is 2.05 bits per heavy atom. The fourth-order valence-electron chi connectivity index (χ4n) is 2.30. The molecule has 0 aliphatic carbocycles. The van der Waals surface area contributed by atoms with E-state index in [0.29, 0.717) is 0 Å². The molecule has 19 heavy (non-hydrogen) atoms. The van der Waals surface area contributed by atoms with Crippen LogP contribution < -0.4 is 5.32 Å². The molecule has 3 nitrogen and oxygen atoms in total. The van der Waals surface area contributed by atoms with Crippen molar-refractivity contribution in [3.63, 3.8) is 0 Å². The fraction of sp³-hybridized carbons (Fsp3) is 0.438. The van der Waals surface area contributed by atoms with Gasteiger partial charge in [-0.05, 0) is 30.9 Å². The van der Waals surface area contributed by atoms with Gasteiger partial charge in [0.1, 0.15) is 0 Å². The van der Waals surface area contributed by atoms with Crippen LogP contribution in [0.2, 0.25) is 0 Å². The van der Waals surface area contributed by atoms with E-state index in [1.807, 2.05) is 13.8 Å². The van der Waals surface area contributed by atoms with Crippen molar-refractivity contribution in [1.82, 2.24) is 9.88 Å². The fourth-order valence-corrected chi connectivity index (χ4v) is 2.30. The van der Waals surface area contributed by atoms with Crippen molar-refractivity contribution in [2.75, 3.05) is 6.54 Å². The van der Waals surface area contributed by atoms with Crippen molar-refractivity contribution >= 4 is 16.8 Å². The lowest BCUT2D eigenvalue weighted by atomic mass is 10.2. The van der Waals surface area contributed by atoms with Crippen molar-refractivity contribution in [3.8, 4) is 0 Å². The summed E-state index contributed by atoms with van der Waals surface area (Å²) in [6.45, 7) is 7.64. The minimum absolute atomic E-state index is 0.0640. The van der Waals surface area contributed by atoms with Crippen LogP contribution in [0.15, 0.2) is 30.3 Å². The monoisotopic (exact) mass is 258 g/mol. The Morgan fingerprint density at radius 3 is 2.79 bits per heavy atom. The molecule has 1 aromatic heterocycles. The van der Waals surface area contributed by atoms with Crippen LogP contribution in [0.25, 0.3) is 10.9 Å². The first-order valence-electron chi connectivity index (χ1n) is 6.92. The van der Waals surface area contributed by atoms with Crippen LogP contribution >= 0.6 is 0 Å². The zero-order chi connectivity index (χ0) is 13.8.